The molecule has 0 fully saturated rings. The van der Waals surface area contributed by atoms with Gasteiger partial charge in [-0.05, 0) is 50.1 Å². The lowest BCUT2D eigenvalue weighted by Gasteiger charge is -2.28. The SMILES string of the molecule is CNC(=O)C(C)N(Cc1ccc(Cl)cc1Cl)C(=O)COc1ccc(C)cc1C. The van der Waals surface area contributed by atoms with E-state index in [4.69, 9.17) is 27.9 Å². The number of halogens is 2. The number of rotatable bonds is 7. The number of likely N-dealkylation sites (N-methyl/N-ethyl adjacent to an activating group) is 1. The maximum atomic E-state index is 12.9. The number of hydrogen-bond acceptors (Lipinski definition) is 3. The molecule has 0 saturated heterocycles. The molecular weight excluding hydrogens is 399 g/mol. The molecule has 28 heavy (non-hydrogen) atoms. The molecule has 7 heteroatoms. The van der Waals surface area contributed by atoms with Crippen LogP contribution in [-0.2, 0) is 16.1 Å². The number of carbonyl (C=O) groups excluding carboxylic acids is 2. The first-order chi connectivity index (χ1) is 13.2. The summed E-state index contributed by atoms with van der Waals surface area (Å²) in [4.78, 5) is 26.5. The summed E-state index contributed by atoms with van der Waals surface area (Å²) in [6.07, 6.45) is 0. The monoisotopic (exact) mass is 422 g/mol. The van der Waals surface area contributed by atoms with Crippen molar-refractivity contribution in [3.8, 4) is 5.75 Å². The van der Waals surface area contributed by atoms with E-state index in [0.29, 0.717) is 21.4 Å². The summed E-state index contributed by atoms with van der Waals surface area (Å²) in [7, 11) is 1.53. The quantitative estimate of drug-likeness (QED) is 0.728. The third-order valence-corrected chi connectivity index (χ3v) is 5.04. The van der Waals surface area contributed by atoms with Crippen LogP contribution in [0.25, 0.3) is 0 Å². The Labute approximate surface area is 175 Å². The third-order valence-electron chi connectivity index (χ3n) is 4.45. The fourth-order valence-corrected chi connectivity index (χ4v) is 3.28. The molecule has 0 bridgehead atoms. The Hall–Kier alpha value is -2.24. The second-order valence-electron chi connectivity index (χ2n) is 6.61. The van der Waals surface area contributed by atoms with Gasteiger partial charge in [-0.3, -0.25) is 9.59 Å². The summed E-state index contributed by atoms with van der Waals surface area (Å²) in [6.45, 7) is 5.56. The Balaban J connectivity index is 2.19. The molecule has 5 nitrogen and oxygen atoms in total. The van der Waals surface area contributed by atoms with Crippen LogP contribution >= 0.6 is 23.2 Å². The van der Waals surface area contributed by atoms with Crippen LogP contribution in [0.1, 0.15) is 23.6 Å². The molecule has 0 heterocycles. The van der Waals surface area contributed by atoms with Crippen LogP contribution in [0, 0.1) is 13.8 Å². The smallest absolute Gasteiger partial charge is 0.261 e. The van der Waals surface area contributed by atoms with Crippen LogP contribution in [0.5, 0.6) is 5.75 Å². The van der Waals surface area contributed by atoms with Crippen molar-refractivity contribution < 1.29 is 14.3 Å². The summed E-state index contributed by atoms with van der Waals surface area (Å²) in [5, 5.41) is 3.51. The van der Waals surface area contributed by atoms with E-state index in [1.165, 1.54) is 11.9 Å². The van der Waals surface area contributed by atoms with Crippen molar-refractivity contribution in [1.29, 1.82) is 0 Å². The van der Waals surface area contributed by atoms with Crippen LogP contribution in [-0.4, -0.2) is 36.4 Å². The fraction of sp³-hybridized carbons (Fsp3) is 0.333. The highest BCUT2D eigenvalue weighted by molar-refractivity contribution is 6.35. The van der Waals surface area contributed by atoms with Crippen LogP contribution in [0.4, 0.5) is 0 Å². The van der Waals surface area contributed by atoms with Crippen molar-refractivity contribution in [3.05, 3.63) is 63.1 Å². The Morgan fingerprint density at radius 3 is 2.46 bits per heavy atom. The third kappa shape index (κ3) is 5.63. The first-order valence-electron chi connectivity index (χ1n) is 8.88. The Morgan fingerprint density at radius 2 is 1.86 bits per heavy atom. The van der Waals surface area contributed by atoms with Gasteiger partial charge in [0.1, 0.15) is 11.8 Å². The van der Waals surface area contributed by atoms with E-state index in [1.807, 2.05) is 32.0 Å². The molecule has 1 unspecified atom stereocenters. The topological polar surface area (TPSA) is 58.6 Å². The molecule has 0 saturated carbocycles. The number of hydrogen-bond donors (Lipinski definition) is 1. The number of benzene rings is 2. The first kappa shape index (κ1) is 22.1. The highest BCUT2D eigenvalue weighted by atomic mass is 35.5. The zero-order valence-electron chi connectivity index (χ0n) is 16.4. The molecule has 0 spiro atoms. The zero-order valence-corrected chi connectivity index (χ0v) is 17.9. The number of carbonyl (C=O) groups is 2. The number of nitrogens with zero attached hydrogens (tertiary/aromatic N) is 1. The molecule has 0 aliphatic heterocycles. The summed E-state index contributed by atoms with van der Waals surface area (Å²) in [5.74, 6) is 0.0445. The van der Waals surface area contributed by atoms with E-state index in [9.17, 15) is 9.59 Å². The van der Waals surface area contributed by atoms with Crippen molar-refractivity contribution in [2.75, 3.05) is 13.7 Å². The fourth-order valence-electron chi connectivity index (χ4n) is 2.81. The van der Waals surface area contributed by atoms with Gasteiger partial charge < -0.3 is 15.0 Å². The highest BCUT2D eigenvalue weighted by Crippen LogP contribution is 2.24. The van der Waals surface area contributed by atoms with Gasteiger partial charge in [0, 0.05) is 23.6 Å². The van der Waals surface area contributed by atoms with Crippen molar-refractivity contribution in [3.63, 3.8) is 0 Å². The number of amides is 2. The molecule has 2 aromatic rings. The average Bonchev–Trinajstić information content (AvgIpc) is 2.65. The van der Waals surface area contributed by atoms with Crippen LogP contribution in [0.2, 0.25) is 10.0 Å². The van der Waals surface area contributed by atoms with Gasteiger partial charge in [0.15, 0.2) is 6.61 Å². The largest absolute Gasteiger partial charge is 0.483 e. The minimum Gasteiger partial charge on any atom is -0.483 e. The molecule has 1 atom stereocenters. The van der Waals surface area contributed by atoms with E-state index in [2.05, 4.69) is 5.32 Å². The lowest BCUT2D eigenvalue weighted by Crippen LogP contribution is -2.48. The minimum atomic E-state index is -0.688. The Kier molecular flexibility index (Phi) is 7.72. The molecule has 0 radical (unpaired) electrons. The van der Waals surface area contributed by atoms with Crippen molar-refractivity contribution in [2.45, 2.75) is 33.4 Å². The Bertz CT molecular complexity index is 871. The second-order valence-corrected chi connectivity index (χ2v) is 7.45. The summed E-state index contributed by atoms with van der Waals surface area (Å²) in [5.41, 5.74) is 2.75. The molecule has 150 valence electrons. The molecular formula is C21H24Cl2N2O3. The standard InChI is InChI=1S/C21H24Cl2N2O3/c1-13-5-8-19(14(2)9-13)28-12-20(26)25(15(3)21(27)24-4)11-16-6-7-17(22)10-18(16)23/h5-10,15H,11-12H2,1-4H3,(H,24,27). The van der Waals surface area contributed by atoms with Crippen LogP contribution in [0.15, 0.2) is 36.4 Å². The summed E-state index contributed by atoms with van der Waals surface area (Å²) >= 11 is 12.2. The number of aryl methyl sites for hydroxylation is 2. The van der Waals surface area contributed by atoms with Gasteiger partial charge >= 0.3 is 0 Å². The van der Waals surface area contributed by atoms with E-state index in [-0.39, 0.29) is 25.0 Å². The predicted molar refractivity (Wildman–Crippen MR) is 112 cm³/mol. The molecule has 1 N–H and O–H groups in total. The first-order valence-corrected chi connectivity index (χ1v) is 9.63. The zero-order chi connectivity index (χ0) is 20.8. The predicted octanol–water partition coefficient (Wildman–Crippen LogP) is 4.15. The van der Waals surface area contributed by atoms with E-state index >= 15 is 0 Å². The van der Waals surface area contributed by atoms with Crippen LogP contribution < -0.4 is 10.1 Å². The van der Waals surface area contributed by atoms with Gasteiger partial charge in [-0.2, -0.15) is 0 Å². The van der Waals surface area contributed by atoms with Gasteiger partial charge in [-0.25, -0.2) is 0 Å². The normalized spacial score (nSPS) is 11.6. The molecule has 2 amide bonds. The van der Waals surface area contributed by atoms with Gasteiger partial charge in [-0.15, -0.1) is 0 Å². The average molecular weight is 423 g/mol. The number of ether oxygens (including phenoxy) is 1. The molecule has 2 rings (SSSR count). The van der Waals surface area contributed by atoms with E-state index in [1.54, 1.807) is 25.1 Å². The van der Waals surface area contributed by atoms with Gasteiger partial charge in [0.05, 0.1) is 0 Å². The maximum absolute atomic E-state index is 12.9. The molecule has 2 aromatic carbocycles. The number of nitrogens with one attached hydrogen (secondary N) is 1. The van der Waals surface area contributed by atoms with E-state index < -0.39 is 6.04 Å². The molecule has 0 aliphatic carbocycles. The summed E-state index contributed by atoms with van der Waals surface area (Å²) in [6, 6.07) is 10.1. The highest BCUT2D eigenvalue weighted by Gasteiger charge is 2.26. The van der Waals surface area contributed by atoms with E-state index in [0.717, 1.165) is 11.1 Å². The molecule has 0 aliphatic rings. The van der Waals surface area contributed by atoms with Crippen molar-refractivity contribution >= 4 is 35.0 Å². The van der Waals surface area contributed by atoms with Crippen LogP contribution in [0.3, 0.4) is 0 Å². The van der Waals surface area contributed by atoms with Crippen molar-refractivity contribution in [2.24, 2.45) is 0 Å². The minimum absolute atomic E-state index is 0.166. The van der Waals surface area contributed by atoms with Gasteiger partial charge in [0.2, 0.25) is 5.91 Å². The van der Waals surface area contributed by atoms with Gasteiger partial charge in [-0.1, -0.05) is 47.0 Å². The second kappa shape index (κ2) is 9.80. The molecule has 0 aromatic heterocycles. The Morgan fingerprint density at radius 1 is 1.14 bits per heavy atom. The lowest BCUT2D eigenvalue weighted by molar-refractivity contribution is -0.142. The van der Waals surface area contributed by atoms with Crippen molar-refractivity contribution in [1.82, 2.24) is 10.2 Å². The van der Waals surface area contributed by atoms with Gasteiger partial charge in [0.25, 0.3) is 5.91 Å². The maximum Gasteiger partial charge on any atom is 0.261 e. The lowest BCUT2D eigenvalue weighted by atomic mass is 10.1. The summed E-state index contributed by atoms with van der Waals surface area (Å²) < 4.78 is 5.71.